The number of quaternary nitrogens is 2. The highest BCUT2D eigenvalue weighted by Crippen LogP contribution is 2.34. The Morgan fingerprint density at radius 3 is 1.73 bits per heavy atom. The van der Waals surface area contributed by atoms with Crippen LogP contribution in [0.2, 0.25) is 0 Å². The van der Waals surface area contributed by atoms with Crippen molar-refractivity contribution < 1.29 is 14.1 Å². The average Bonchev–Trinajstić information content (AvgIpc) is 3.02. The van der Waals surface area contributed by atoms with Crippen molar-refractivity contribution in [3.05, 3.63) is 0 Å². The Balaban J connectivity index is 1.84. The fraction of sp³-hybridized carbons (Fsp3) is 1.00. The van der Waals surface area contributed by atoms with Gasteiger partial charge in [0.1, 0.15) is 0 Å². The summed E-state index contributed by atoms with van der Waals surface area (Å²) in [5, 5.41) is 11.1. The molecule has 2 saturated heterocycles. The third-order valence-electron chi connectivity index (χ3n) is 7.94. The Morgan fingerprint density at radius 1 is 0.731 bits per heavy atom. The highest BCUT2D eigenvalue weighted by molar-refractivity contribution is 4.72. The third-order valence-corrected chi connectivity index (χ3v) is 7.94. The molecule has 2 aliphatic rings. The number of hydrogen-bond donors (Lipinski definition) is 1. The Labute approximate surface area is 163 Å². The number of aliphatic hydroxyl groups excluding tert-OH is 1. The molecule has 0 bridgehead atoms. The molecule has 5 unspecified atom stereocenters. The fourth-order valence-corrected chi connectivity index (χ4v) is 6.26. The van der Waals surface area contributed by atoms with Crippen LogP contribution in [0.5, 0.6) is 0 Å². The van der Waals surface area contributed by atoms with Crippen molar-refractivity contribution >= 4 is 0 Å². The molecular formula is C23H48N2O+2. The monoisotopic (exact) mass is 368 g/mol. The molecule has 0 aromatic rings. The van der Waals surface area contributed by atoms with Crippen LogP contribution >= 0.6 is 0 Å². The molecule has 5 atom stereocenters. The maximum absolute atomic E-state index is 11.1. The van der Waals surface area contributed by atoms with E-state index in [2.05, 4.69) is 41.5 Å². The number of rotatable bonds is 10. The second-order valence-corrected chi connectivity index (χ2v) is 10.3. The van der Waals surface area contributed by atoms with E-state index in [-0.39, 0.29) is 6.23 Å². The van der Waals surface area contributed by atoms with Gasteiger partial charge >= 0.3 is 0 Å². The molecule has 26 heavy (non-hydrogen) atoms. The predicted octanol–water partition coefficient (Wildman–Crippen LogP) is 4.50. The minimum Gasteiger partial charge on any atom is -0.345 e. The zero-order valence-corrected chi connectivity index (χ0v) is 18.7. The molecule has 0 aromatic heterocycles. The number of unbranched alkanes of at least 4 members (excludes halogenated alkanes) is 1. The van der Waals surface area contributed by atoms with Crippen molar-refractivity contribution in [2.24, 2.45) is 23.7 Å². The summed E-state index contributed by atoms with van der Waals surface area (Å²) in [4.78, 5) is 0. The molecular weight excluding hydrogens is 320 g/mol. The van der Waals surface area contributed by atoms with Crippen molar-refractivity contribution in [3.63, 3.8) is 0 Å². The summed E-state index contributed by atoms with van der Waals surface area (Å²) in [6.45, 7) is 23.2. The molecule has 3 heteroatoms. The first kappa shape index (κ1) is 22.2. The molecule has 0 aromatic carbocycles. The smallest absolute Gasteiger partial charge is 0.190 e. The fourth-order valence-electron chi connectivity index (χ4n) is 6.26. The van der Waals surface area contributed by atoms with Crippen LogP contribution in [-0.2, 0) is 0 Å². The average molecular weight is 369 g/mol. The maximum atomic E-state index is 11.1. The van der Waals surface area contributed by atoms with E-state index in [9.17, 15) is 5.11 Å². The van der Waals surface area contributed by atoms with Crippen LogP contribution < -0.4 is 0 Å². The van der Waals surface area contributed by atoms with Gasteiger partial charge in [0.15, 0.2) is 6.23 Å². The SMILES string of the molecule is CCC[N+]1(CCCCC(O)[N+]2(CCC)CC(C)C(C)C2)CC(C)C(C)C1. The van der Waals surface area contributed by atoms with Crippen LogP contribution in [0.15, 0.2) is 0 Å². The number of likely N-dealkylation sites (tertiary alicyclic amines) is 2. The van der Waals surface area contributed by atoms with E-state index in [4.69, 9.17) is 0 Å². The van der Waals surface area contributed by atoms with Crippen molar-refractivity contribution in [1.82, 2.24) is 0 Å². The molecule has 0 amide bonds. The topological polar surface area (TPSA) is 20.2 Å². The Kier molecular flexibility index (Phi) is 8.00. The van der Waals surface area contributed by atoms with E-state index in [1.54, 1.807) is 0 Å². The van der Waals surface area contributed by atoms with Gasteiger partial charge in [-0.25, -0.2) is 0 Å². The van der Waals surface area contributed by atoms with Crippen LogP contribution in [0.25, 0.3) is 0 Å². The molecule has 2 rings (SSSR count). The molecule has 0 saturated carbocycles. The van der Waals surface area contributed by atoms with E-state index in [0.717, 1.165) is 41.1 Å². The van der Waals surface area contributed by atoms with Crippen LogP contribution in [0.3, 0.4) is 0 Å². The van der Waals surface area contributed by atoms with Gasteiger partial charge in [-0.15, -0.1) is 0 Å². The van der Waals surface area contributed by atoms with Gasteiger partial charge in [-0.1, -0.05) is 41.5 Å². The first-order valence-corrected chi connectivity index (χ1v) is 11.7. The normalized spacial score (nSPS) is 41.7. The highest BCUT2D eigenvalue weighted by atomic mass is 16.3. The van der Waals surface area contributed by atoms with Gasteiger partial charge in [-0.2, -0.15) is 0 Å². The summed E-state index contributed by atoms with van der Waals surface area (Å²) < 4.78 is 2.32. The van der Waals surface area contributed by atoms with Gasteiger partial charge in [-0.3, -0.25) is 4.48 Å². The zero-order valence-electron chi connectivity index (χ0n) is 18.7. The van der Waals surface area contributed by atoms with Gasteiger partial charge in [0.25, 0.3) is 0 Å². The van der Waals surface area contributed by atoms with Gasteiger partial charge in [-0.05, 0) is 25.7 Å². The summed E-state index contributed by atoms with van der Waals surface area (Å²) in [6, 6.07) is 0. The van der Waals surface area contributed by atoms with Crippen LogP contribution in [0.1, 0.15) is 73.6 Å². The molecule has 0 spiro atoms. The van der Waals surface area contributed by atoms with Gasteiger partial charge in [0.05, 0.1) is 45.8 Å². The zero-order chi connectivity index (χ0) is 19.4. The minimum atomic E-state index is -0.140. The standard InChI is InChI=1S/C23H48N2O/c1-7-12-24(15-19(3)20(4)16-24)14-10-9-11-23(26)25(13-8-2)17-21(5)22(6)18-25/h19-23,26H,7-18H2,1-6H3/q+2. The molecule has 1 N–H and O–H groups in total. The van der Waals surface area contributed by atoms with E-state index < -0.39 is 0 Å². The first-order valence-electron chi connectivity index (χ1n) is 11.7. The van der Waals surface area contributed by atoms with Crippen molar-refractivity contribution in [2.45, 2.75) is 79.9 Å². The largest absolute Gasteiger partial charge is 0.345 e. The molecule has 2 heterocycles. The molecule has 154 valence electrons. The molecule has 0 radical (unpaired) electrons. The van der Waals surface area contributed by atoms with Crippen LogP contribution in [0.4, 0.5) is 0 Å². The van der Waals surface area contributed by atoms with E-state index in [1.807, 2.05) is 0 Å². The quantitative estimate of drug-likeness (QED) is 0.445. The van der Waals surface area contributed by atoms with E-state index in [0.29, 0.717) is 0 Å². The Bertz CT molecular complexity index is 404. The van der Waals surface area contributed by atoms with Gasteiger partial charge in [0.2, 0.25) is 0 Å². The second-order valence-electron chi connectivity index (χ2n) is 10.3. The summed E-state index contributed by atoms with van der Waals surface area (Å²) in [5.74, 6) is 3.25. The maximum Gasteiger partial charge on any atom is 0.190 e. The summed E-state index contributed by atoms with van der Waals surface area (Å²) >= 11 is 0. The lowest BCUT2D eigenvalue weighted by Gasteiger charge is -2.39. The lowest BCUT2D eigenvalue weighted by atomic mass is 10.0. The third kappa shape index (κ3) is 5.02. The van der Waals surface area contributed by atoms with Crippen molar-refractivity contribution in [1.29, 1.82) is 0 Å². The van der Waals surface area contributed by atoms with Crippen molar-refractivity contribution in [2.75, 3.05) is 45.8 Å². The summed E-state index contributed by atoms with van der Waals surface area (Å²) in [6.07, 6.45) is 5.82. The van der Waals surface area contributed by atoms with Gasteiger partial charge < -0.3 is 9.59 Å². The lowest BCUT2D eigenvalue weighted by Crippen LogP contribution is -2.54. The summed E-state index contributed by atoms with van der Waals surface area (Å²) in [5.41, 5.74) is 0. The molecule has 2 aliphatic heterocycles. The van der Waals surface area contributed by atoms with Crippen molar-refractivity contribution in [3.8, 4) is 0 Å². The lowest BCUT2D eigenvalue weighted by molar-refractivity contribution is -0.963. The molecule has 3 nitrogen and oxygen atoms in total. The van der Waals surface area contributed by atoms with Gasteiger partial charge in [0, 0.05) is 30.1 Å². The van der Waals surface area contributed by atoms with Crippen LogP contribution in [-0.4, -0.2) is 66.1 Å². The molecule has 2 fully saturated rings. The predicted molar refractivity (Wildman–Crippen MR) is 112 cm³/mol. The highest BCUT2D eigenvalue weighted by Gasteiger charge is 2.45. The first-order chi connectivity index (χ1) is 12.3. The second kappa shape index (κ2) is 9.39. The van der Waals surface area contributed by atoms with Crippen LogP contribution in [0, 0.1) is 23.7 Å². The number of nitrogens with zero attached hydrogens (tertiary/aromatic N) is 2. The van der Waals surface area contributed by atoms with E-state index in [1.165, 1.54) is 69.4 Å². The Hall–Kier alpha value is -0.120. The summed E-state index contributed by atoms with van der Waals surface area (Å²) in [7, 11) is 0. The number of hydrogen-bond acceptors (Lipinski definition) is 1. The van der Waals surface area contributed by atoms with E-state index >= 15 is 0 Å². The minimum absolute atomic E-state index is 0.140. The molecule has 0 aliphatic carbocycles. The Morgan fingerprint density at radius 2 is 1.23 bits per heavy atom. The number of aliphatic hydroxyl groups is 1.